The van der Waals surface area contributed by atoms with Crippen molar-refractivity contribution >= 4 is 23.1 Å². The van der Waals surface area contributed by atoms with Gasteiger partial charge in [0.15, 0.2) is 0 Å². The zero-order valence-corrected chi connectivity index (χ0v) is 10.9. The largest absolute Gasteiger partial charge is 0.508 e. The number of amides is 1. The van der Waals surface area contributed by atoms with Gasteiger partial charge < -0.3 is 10.4 Å². The number of carbonyl (C=O) groups excluding carboxylic acids is 1. The van der Waals surface area contributed by atoms with Gasteiger partial charge in [-0.25, -0.2) is 0 Å². The smallest absolute Gasteiger partial charge is 0.269 e. The van der Waals surface area contributed by atoms with Gasteiger partial charge in [0.2, 0.25) is 0 Å². The molecule has 18 heavy (non-hydrogen) atoms. The molecule has 0 unspecified atom stereocenters. The number of nitrogens with zero attached hydrogens (tertiary/aromatic N) is 2. The normalized spacial score (nSPS) is 10.3. The van der Waals surface area contributed by atoms with Gasteiger partial charge in [0.25, 0.3) is 5.91 Å². The SMILES string of the molecule is CCc1nnsc1C(=O)Nc1ccc(O)cc1C. The Morgan fingerprint density at radius 3 is 2.94 bits per heavy atom. The topological polar surface area (TPSA) is 75.1 Å². The Bertz CT molecular complexity index is 580. The lowest BCUT2D eigenvalue weighted by molar-refractivity contribution is 0.102. The van der Waals surface area contributed by atoms with Crippen LogP contribution in [0, 0.1) is 6.92 Å². The molecule has 6 heteroatoms. The van der Waals surface area contributed by atoms with Crippen LogP contribution in [0.5, 0.6) is 5.75 Å². The van der Waals surface area contributed by atoms with Crippen molar-refractivity contribution in [2.75, 3.05) is 5.32 Å². The molecule has 0 aliphatic rings. The maximum atomic E-state index is 12.0. The second-order valence-electron chi connectivity index (χ2n) is 3.86. The first-order valence-electron chi connectivity index (χ1n) is 5.54. The predicted molar refractivity (Wildman–Crippen MR) is 70.1 cm³/mol. The number of phenolic OH excluding ortho intramolecular Hbond substituents is 1. The number of aryl methyl sites for hydroxylation is 2. The monoisotopic (exact) mass is 263 g/mol. The lowest BCUT2D eigenvalue weighted by Crippen LogP contribution is -2.13. The quantitative estimate of drug-likeness (QED) is 0.834. The maximum Gasteiger partial charge on any atom is 0.269 e. The molecule has 0 bridgehead atoms. The summed E-state index contributed by atoms with van der Waals surface area (Å²) in [4.78, 5) is 12.6. The van der Waals surface area contributed by atoms with Crippen molar-refractivity contribution < 1.29 is 9.90 Å². The number of carbonyl (C=O) groups is 1. The van der Waals surface area contributed by atoms with E-state index in [1.807, 2.05) is 13.8 Å². The Balaban J connectivity index is 2.21. The van der Waals surface area contributed by atoms with Gasteiger partial charge in [-0.05, 0) is 48.6 Å². The fourth-order valence-corrected chi connectivity index (χ4v) is 2.23. The average Bonchev–Trinajstić information content (AvgIpc) is 2.81. The third-order valence-electron chi connectivity index (χ3n) is 2.56. The molecule has 0 radical (unpaired) electrons. The molecule has 5 nitrogen and oxygen atoms in total. The molecule has 2 rings (SSSR count). The van der Waals surface area contributed by atoms with E-state index in [4.69, 9.17) is 0 Å². The van der Waals surface area contributed by atoms with Crippen LogP contribution in [0.2, 0.25) is 0 Å². The first-order chi connectivity index (χ1) is 8.61. The second kappa shape index (κ2) is 5.14. The van der Waals surface area contributed by atoms with Crippen molar-refractivity contribution in [3.05, 3.63) is 34.3 Å². The molecule has 0 aliphatic heterocycles. The molecule has 1 aromatic carbocycles. The van der Waals surface area contributed by atoms with Gasteiger partial charge in [0.05, 0.1) is 5.69 Å². The minimum absolute atomic E-state index is 0.180. The van der Waals surface area contributed by atoms with Crippen LogP contribution in [-0.2, 0) is 6.42 Å². The molecule has 0 saturated heterocycles. The number of benzene rings is 1. The molecule has 94 valence electrons. The highest BCUT2D eigenvalue weighted by Crippen LogP contribution is 2.21. The molecule has 0 spiro atoms. The highest BCUT2D eigenvalue weighted by atomic mass is 32.1. The summed E-state index contributed by atoms with van der Waals surface area (Å²) in [5.41, 5.74) is 2.18. The van der Waals surface area contributed by atoms with Crippen molar-refractivity contribution in [1.82, 2.24) is 9.59 Å². The number of aromatic hydroxyl groups is 1. The average molecular weight is 263 g/mol. The molecule has 2 aromatic rings. The van der Waals surface area contributed by atoms with E-state index in [9.17, 15) is 9.90 Å². The Hall–Kier alpha value is -1.95. The van der Waals surface area contributed by atoms with E-state index in [0.717, 1.165) is 17.1 Å². The number of phenols is 1. The van der Waals surface area contributed by atoms with Crippen LogP contribution in [0.4, 0.5) is 5.69 Å². The van der Waals surface area contributed by atoms with Gasteiger partial charge >= 0.3 is 0 Å². The summed E-state index contributed by atoms with van der Waals surface area (Å²) in [6, 6.07) is 4.80. The number of hydrogen-bond acceptors (Lipinski definition) is 5. The maximum absolute atomic E-state index is 12.0. The summed E-state index contributed by atoms with van der Waals surface area (Å²) in [5, 5.41) is 16.0. The van der Waals surface area contributed by atoms with Crippen LogP contribution in [0.3, 0.4) is 0 Å². The number of hydrogen-bond donors (Lipinski definition) is 2. The lowest BCUT2D eigenvalue weighted by atomic mass is 10.2. The summed E-state index contributed by atoms with van der Waals surface area (Å²) in [7, 11) is 0. The van der Waals surface area contributed by atoms with E-state index in [1.165, 1.54) is 6.07 Å². The molecule has 2 N–H and O–H groups in total. The first-order valence-corrected chi connectivity index (χ1v) is 6.31. The van der Waals surface area contributed by atoms with Crippen molar-refractivity contribution in [2.24, 2.45) is 0 Å². The molecule has 0 atom stereocenters. The van der Waals surface area contributed by atoms with E-state index in [0.29, 0.717) is 22.7 Å². The van der Waals surface area contributed by atoms with E-state index in [2.05, 4.69) is 14.9 Å². The van der Waals surface area contributed by atoms with Gasteiger partial charge in [0.1, 0.15) is 10.6 Å². The summed E-state index contributed by atoms with van der Waals surface area (Å²) in [6.07, 6.45) is 0.674. The van der Waals surface area contributed by atoms with Gasteiger partial charge in [-0.1, -0.05) is 11.4 Å². The zero-order valence-electron chi connectivity index (χ0n) is 10.1. The molecule has 0 aliphatic carbocycles. The van der Waals surface area contributed by atoms with Gasteiger partial charge in [-0.3, -0.25) is 4.79 Å². The summed E-state index contributed by atoms with van der Waals surface area (Å²) < 4.78 is 3.78. The summed E-state index contributed by atoms with van der Waals surface area (Å²) in [6.45, 7) is 3.75. The second-order valence-corrected chi connectivity index (χ2v) is 4.61. The number of aromatic nitrogens is 2. The minimum Gasteiger partial charge on any atom is -0.508 e. The van der Waals surface area contributed by atoms with E-state index < -0.39 is 0 Å². The minimum atomic E-state index is -0.212. The van der Waals surface area contributed by atoms with Crippen molar-refractivity contribution in [1.29, 1.82) is 0 Å². The van der Waals surface area contributed by atoms with Crippen molar-refractivity contribution in [2.45, 2.75) is 20.3 Å². The Kier molecular flexibility index (Phi) is 3.57. The highest BCUT2D eigenvalue weighted by Gasteiger charge is 2.15. The van der Waals surface area contributed by atoms with Crippen molar-refractivity contribution in [3.63, 3.8) is 0 Å². The summed E-state index contributed by atoms with van der Waals surface area (Å²) in [5.74, 6) is -0.0326. The van der Waals surface area contributed by atoms with Crippen LogP contribution in [0.15, 0.2) is 18.2 Å². The van der Waals surface area contributed by atoms with Crippen LogP contribution in [0.1, 0.15) is 27.9 Å². The van der Waals surface area contributed by atoms with Crippen molar-refractivity contribution in [3.8, 4) is 5.75 Å². The van der Waals surface area contributed by atoms with E-state index >= 15 is 0 Å². The number of nitrogens with one attached hydrogen (secondary N) is 1. The van der Waals surface area contributed by atoms with Crippen LogP contribution in [0.25, 0.3) is 0 Å². The highest BCUT2D eigenvalue weighted by molar-refractivity contribution is 7.08. The Morgan fingerprint density at radius 2 is 2.28 bits per heavy atom. The number of anilines is 1. The van der Waals surface area contributed by atoms with Crippen LogP contribution in [-0.4, -0.2) is 20.6 Å². The van der Waals surface area contributed by atoms with E-state index in [1.54, 1.807) is 12.1 Å². The van der Waals surface area contributed by atoms with Gasteiger partial charge in [-0.15, -0.1) is 5.10 Å². The standard InChI is InChI=1S/C12H13N3O2S/c1-3-9-11(18-15-14-9)12(17)13-10-5-4-8(16)6-7(10)2/h4-6,16H,3H2,1-2H3,(H,13,17). The van der Waals surface area contributed by atoms with Gasteiger partial charge in [0, 0.05) is 5.69 Å². The molecule has 0 saturated carbocycles. The molecular formula is C12H13N3O2S. The Morgan fingerprint density at radius 1 is 1.50 bits per heavy atom. The number of rotatable bonds is 3. The fraction of sp³-hybridized carbons (Fsp3) is 0.250. The predicted octanol–water partition coefficient (Wildman–Crippen LogP) is 2.37. The third-order valence-corrected chi connectivity index (χ3v) is 3.32. The molecule has 1 aromatic heterocycles. The van der Waals surface area contributed by atoms with E-state index in [-0.39, 0.29) is 11.7 Å². The molecular weight excluding hydrogens is 250 g/mol. The van der Waals surface area contributed by atoms with Crippen LogP contribution < -0.4 is 5.32 Å². The summed E-state index contributed by atoms with van der Waals surface area (Å²) >= 11 is 1.09. The Labute approximate surface area is 109 Å². The molecule has 0 fully saturated rings. The molecule has 1 amide bonds. The van der Waals surface area contributed by atoms with Gasteiger partial charge in [-0.2, -0.15) is 0 Å². The van der Waals surface area contributed by atoms with Crippen LogP contribution >= 0.6 is 11.5 Å². The fourth-order valence-electron chi connectivity index (χ4n) is 1.58. The molecule has 1 heterocycles. The zero-order chi connectivity index (χ0) is 13.1. The first kappa shape index (κ1) is 12.5. The third kappa shape index (κ3) is 2.48. The lowest BCUT2D eigenvalue weighted by Gasteiger charge is -2.07.